The maximum Gasteiger partial charge on any atom is 0.373 e. The van der Waals surface area contributed by atoms with E-state index >= 15 is 0 Å². The van der Waals surface area contributed by atoms with Gasteiger partial charge in [0.25, 0.3) is 0 Å². The van der Waals surface area contributed by atoms with Gasteiger partial charge in [-0.2, -0.15) is 5.26 Å². The largest absolute Gasteiger partial charge is 0.426 e. The molecule has 1 aliphatic rings. The van der Waals surface area contributed by atoms with Crippen LogP contribution in [-0.2, 0) is 9.68 Å². The van der Waals surface area contributed by atoms with Crippen LogP contribution in [0.3, 0.4) is 0 Å². The molecule has 1 fully saturated rings. The van der Waals surface area contributed by atoms with E-state index in [-0.39, 0.29) is 34.3 Å². The van der Waals surface area contributed by atoms with E-state index in [9.17, 15) is 14.4 Å². The normalized spacial score (nSPS) is 14.4. The molecule has 0 spiro atoms. The Morgan fingerprint density at radius 2 is 1.41 bits per heavy atom. The molecule has 0 amide bonds. The third-order valence-electron chi connectivity index (χ3n) is 4.76. The number of esters is 1. The standard InChI is InChI=1S/C21H20O6/c22-19(15-10-4-5-11-16(15)21(24)27-25)17-12-6-7-13-18(17)26-20(23)14-8-2-1-3-9-14/h4-7,10-14,25H,1-3,8-9H2. The number of hydrogen-bond donors (Lipinski definition) is 1. The molecule has 1 aliphatic carbocycles. The smallest absolute Gasteiger partial charge is 0.373 e. The number of ether oxygens (including phenoxy) is 1. The number of hydrogen-bond acceptors (Lipinski definition) is 6. The molecule has 0 atom stereocenters. The molecule has 6 nitrogen and oxygen atoms in total. The van der Waals surface area contributed by atoms with E-state index in [0.29, 0.717) is 0 Å². The van der Waals surface area contributed by atoms with Gasteiger partial charge in [-0.25, -0.2) is 4.79 Å². The summed E-state index contributed by atoms with van der Waals surface area (Å²) in [6.07, 6.45) is 4.70. The molecule has 2 aromatic carbocycles. The number of benzene rings is 2. The van der Waals surface area contributed by atoms with Crippen LogP contribution in [0.4, 0.5) is 0 Å². The van der Waals surface area contributed by atoms with Crippen LogP contribution in [0.5, 0.6) is 5.75 Å². The highest BCUT2D eigenvalue weighted by molar-refractivity contribution is 6.15. The van der Waals surface area contributed by atoms with E-state index in [1.54, 1.807) is 30.3 Å². The van der Waals surface area contributed by atoms with Crippen molar-refractivity contribution < 1.29 is 29.3 Å². The number of rotatable bonds is 5. The lowest BCUT2D eigenvalue weighted by Gasteiger charge is -2.20. The van der Waals surface area contributed by atoms with E-state index in [2.05, 4.69) is 4.89 Å². The third-order valence-corrected chi connectivity index (χ3v) is 4.76. The van der Waals surface area contributed by atoms with Crippen LogP contribution < -0.4 is 4.74 Å². The van der Waals surface area contributed by atoms with Gasteiger partial charge in [0.05, 0.1) is 17.0 Å². The molecule has 1 N–H and O–H groups in total. The Balaban J connectivity index is 1.89. The average molecular weight is 368 g/mol. The number of carbonyl (C=O) groups excluding carboxylic acids is 3. The second kappa shape index (κ2) is 8.60. The minimum atomic E-state index is -1.03. The maximum absolute atomic E-state index is 13.0. The van der Waals surface area contributed by atoms with Crippen LogP contribution in [0.25, 0.3) is 0 Å². The van der Waals surface area contributed by atoms with Crippen molar-refractivity contribution in [1.29, 1.82) is 0 Å². The van der Waals surface area contributed by atoms with Gasteiger partial charge in [0, 0.05) is 5.56 Å². The Hall–Kier alpha value is -2.99. The number of carbonyl (C=O) groups is 3. The van der Waals surface area contributed by atoms with E-state index < -0.39 is 11.8 Å². The molecule has 2 aromatic rings. The minimum absolute atomic E-state index is 0.0534. The lowest BCUT2D eigenvalue weighted by Crippen LogP contribution is -2.23. The molecule has 0 heterocycles. The minimum Gasteiger partial charge on any atom is -0.426 e. The van der Waals surface area contributed by atoms with Gasteiger partial charge in [0.15, 0.2) is 5.78 Å². The summed E-state index contributed by atoms with van der Waals surface area (Å²) in [6, 6.07) is 12.4. The van der Waals surface area contributed by atoms with Gasteiger partial charge in [-0.1, -0.05) is 49.6 Å². The van der Waals surface area contributed by atoms with Crippen LogP contribution in [0.15, 0.2) is 48.5 Å². The van der Waals surface area contributed by atoms with Crippen molar-refractivity contribution in [3.63, 3.8) is 0 Å². The van der Waals surface area contributed by atoms with Crippen LogP contribution >= 0.6 is 0 Å². The van der Waals surface area contributed by atoms with Crippen molar-refractivity contribution in [3.8, 4) is 5.75 Å². The summed E-state index contributed by atoms with van der Waals surface area (Å²) < 4.78 is 5.53. The lowest BCUT2D eigenvalue weighted by atomic mass is 9.89. The van der Waals surface area contributed by atoms with Crippen LogP contribution in [0, 0.1) is 5.92 Å². The van der Waals surface area contributed by atoms with E-state index in [1.807, 2.05) is 0 Å². The molecule has 1 saturated carbocycles. The zero-order valence-electron chi connectivity index (χ0n) is 14.7. The summed E-state index contributed by atoms with van der Waals surface area (Å²) in [5, 5.41) is 8.65. The van der Waals surface area contributed by atoms with Gasteiger partial charge < -0.3 is 4.74 Å². The second-order valence-electron chi connectivity index (χ2n) is 6.51. The number of para-hydroxylation sites is 1. The Bertz CT molecular complexity index is 851. The first-order chi connectivity index (χ1) is 13.1. The first kappa shape index (κ1) is 18.8. The number of ketones is 1. The Kier molecular flexibility index (Phi) is 5.98. The van der Waals surface area contributed by atoms with E-state index in [0.717, 1.165) is 32.1 Å². The Morgan fingerprint density at radius 3 is 2.07 bits per heavy atom. The van der Waals surface area contributed by atoms with Crippen molar-refractivity contribution in [2.24, 2.45) is 5.92 Å². The zero-order valence-corrected chi connectivity index (χ0v) is 14.7. The predicted octanol–water partition coefficient (Wildman–Crippen LogP) is 4.03. The quantitative estimate of drug-likeness (QED) is 0.282. The molecule has 0 aromatic heterocycles. The zero-order chi connectivity index (χ0) is 19.2. The van der Waals surface area contributed by atoms with Crippen molar-refractivity contribution >= 4 is 17.7 Å². The molecule has 6 heteroatoms. The lowest BCUT2D eigenvalue weighted by molar-refractivity contribution is -0.182. The molecule has 3 rings (SSSR count). The summed E-state index contributed by atoms with van der Waals surface area (Å²) in [7, 11) is 0. The summed E-state index contributed by atoms with van der Waals surface area (Å²) in [5.41, 5.74) is 0.149. The molecular weight excluding hydrogens is 348 g/mol. The topological polar surface area (TPSA) is 89.9 Å². The van der Waals surface area contributed by atoms with Crippen LogP contribution in [0.1, 0.15) is 58.4 Å². The molecular formula is C21H20O6. The van der Waals surface area contributed by atoms with E-state index in [1.165, 1.54) is 18.2 Å². The maximum atomic E-state index is 13.0. The summed E-state index contributed by atoms with van der Waals surface area (Å²) >= 11 is 0. The molecule has 0 radical (unpaired) electrons. The van der Waals surface area contributed by atoms with Gasteiger partial charge in [-0.05, 0) is 31.0 Å². The summed E-state index contributed by atoms with van der Waals surface area (Å²) in [5.74, 6) is -1.86. The fourth-order valence-corrected chi connectivity index (χ4v) is 3.33. The fourth-order valence-electron chi connectivity index (χ4n) is 3.33. The van der Waals surface area contributed by atoms with Gasteiger partial charge in [-0.3, -0.25) is 14.5 Å². The van der Waals surface area contributed by atoms with Gasteiger partial charge in [0.2, 0.25) is 0 Å². The fraction of sp³-hybridized carbons (Fsp3) is 0.286. The van der Waals surface area contributed by atoms with Gasteiger partial charge in [0.1, 0.15) is 5.75 Å². The first-order valence-corrected chi connectivity index (χ1v) is 8.92. The highest BCUT2D eigenvalue weighted by Crippen LogP contribution is 2.28. The SMILES string of the molecule is O=C(OO)c1ccccc1C(=O)c1ccccc1OC(=O)C1CCCCC1. The van der Waals surface area contributed by atoms with Crippen molar-refractivity contribution in [3.05, 3.63) is 65.2 Å². The predicted molar refractivity (Wildman–Crippen MR) is 96.6 cm³/mol. The van der Waals surface area contributed by atoms with Crippen molar-refractivity contribution in [2.45, 2.75) is 32.1 Å². The molecule has 0 aliphatic heterocycles. The van der Waals surface area contributed by atoms with Gasteiger partial charge in [-0.15, -0.1) is 0 Å². The highest BCUT2D eigenvalue weighted by atomic mass is 17.1. The monoisotopic (exact) mass is 368 g/mol. The van der Waals surface area contributed by atoms with Crippen molar-refractivity contribution in [1.82, 2.24) is 0 Å². The van der Waals surface area contributed by atoms with Gasteiger partial charge >= 0.3 is 11.9 Å². The van der Waals surface area contributed by atoms with E-state index in [4.69, 9.17) is 9.99 Å². The highest BCUT2D eigenvalue weighted by Gasteiger charge is 2.26. The first-order valence-electron chi connectivity index (χ1n) is 8.92. The molecule has 140 valence electrons. The summed E-state index contributed by atoms with van der Waals surface area (Å²) in [4.78, 5) is 40.9. The Labute approximate surface area is 156 Å². The average Bonchev–Trinajstić information content (AvgIpc) is 2.73. The molecule has 0 unspecified atom stereocenters. The van der Waals surface area contributed by atoms with Crippen LogP contribution in [-0.4, -0.2) is 23.0 Å². The van der Waals surface area contributed by atoms with Crippen molar-refractivity contribution in [2.75, 3.05) is 0 Å². The Morgan fingerprint density at radius 1 is 0.815 bits per heavy atom. The second-order valence-corrected chi connectivity index (χ2v) is 6.51. The summed E-state index contributed by atoms with van der Waals surface area (Å²) in [6.45, 7) is 0. The third kappa shape index (κ3) is 4.23. The molecule has 27 heavy (non-hydrogen) atoms. The molecule has 0 saturated heterocycles. The molecule has 0 bridgehead atoms. The van der Waals surface area contributed by atoms with Crippen LogP contribution in [0.2, 0.25) is 0 Å².